The third kappa shape index (κ3) is 2.03. The van der Waals surface area contributed by atoms with Gasteiger partial charge in [0.25, 0.3) is 5.91 Å². The summed E-state index contributed by atoms with van der Waals surface area (Å²) in [6.07, 6.45) is 3.62. The molecule has 22 heavy (non-hydrogen) atoms. The van der Waals surface area contributed by atoms with Gasteiger partial charge in [-0.2, -0.15) is 0 Å². The lowest BCUT2D eigenvalue weighted by molar-refractivity contribution is 0.102. The van der Waals surface area contributed by atoms with Crippen molar-refractivity contribution in [1.29, 1.82) is 0 Å². The lowest BCUT2D eigenvalue weighted by Gasteiger charge is -2.06. The van der Waals surface area contributed by atoms with Crippen LogP contribution in [0.5, 0.6) is 0 Å². The Bertz CT molecular complexity index is 996. The normalized spacial score (nSPS) is 11.1. The summed E-state index contributed by atoms with van der Waals surface area (Å²) in [7, 11) is 1.99. The first-order valence-electron chi connectivity index (χ1n) is 7.00. The number of amides is 1. The topological polar surface area (TPSA) is 62.7 Å². The van der Waals surface area contributed by atoms with Crippen LogP contribution in [0.2, 0.25) is 0 Å². The fourth-order valence-corrected chi connectivity index (χ4v) is 2.64. The molecule has 0 aliphatic heterocycles. The van der Waals surface area contributed by atoms with E-state index in [1.165, 1.54) is 0 Å². The van der Waals surface area contributed by atoms with Crippen molar-refractivity contribution in [3.63, 3.8) is 0 Å². The third-order valence-electron chi connectivity index (χ3n) is 3.83. The lowest BCUT2D eigenvalue weighted by atomic mass is 10.1. The van der Waals surface area contributed by atoms with Crippen LogP contribution in [0.15, 0.2) is 55.0 Å². The van der Waals surface area contributed by atoms with Gasteiger partial charge in [0.05, 0.1) is 17.4 Å². The number of imidazole rings is 1. The van der Waals surface area contributed by atoms with Gasteiger partial charge >= 0.3 is 0 Å². The number of carbonyl (C=O) groups excluding carboxylic acids is 1. The van der Waals surface area contributed by atoms with Crippen molar-refractivity contribution >= 4 is 33.5 Å². The maximum Gasteiger partial charge on any atom is 0.255 e. The Kier molecular flexibility index (Phi) is 2.72. The highest BCUT2D eigenvalue weighted by molar-refractivity contribution is 6.06. The summed E-state index contributed by atoms with van der Waals surface area (Å²) in [5, 5.41) is 3.97. The number of hydrogen-bond donors (Lipinski definition) is 2. The first kappa shape index (κ1) is 12.6. The number of carbonyl (C=O) groups is 1. The molecule has 0 saturated heterocycles. The highest BCUT2D eigenvalue weighted by Crippen LogP contribution is 2.19. The van der Waals surface area contributed by atoms with Crippen LogP contribution in [0.3, 0.4) is 0 Å². The van der Waals surface area contributed by atoms with Gasteiger partial charge < -0.3 is 14.9 Å². The van der Waals surface area contributed by atoms with E-state index in [0.29, 0.717) is 5.56 Å². The monoisotopic (exact) mass is 290 g/mol. The Labute approximate surface area is 126 Å². The molecule has 5 nitrogen and oxygen atoms in total. The van der Waals surface area contributed by atoms with Gasteiger partial charge in [0.2, 0.25) is 0 Å². The minimum atomic E-state index is -0.121. The maximum absolute atomic E-state index is 12.4. The van der Waals surface area contributed by atoms with Gasteiger partial charge in [-0.3, -0.25) is 4.79 Å². The molecule has 108 valence electrons. The highest BCUT2D eigenvalue weighted by Gasteiger charge is 2.09. The lowest BCUT2D eigenvalue weighted by Crippen LogP contribution is -2.11. The van der Waals surface area contributed by atoms with Crippen molar-refractivity contribution in [1.82, 2.24) is 14.5 Å². The largest absolute Gasteiger partial charge is 0.351 e. The molecule has 0 bridgehead atoms. The van der Waals surface area contributed by atoms with Crippen LogP contribution in [-0.4, -0.2) is 20.4 Å². The van der Waals surface area contributed by atoms with Gasteiger partial charge in [0.1, 0.15) is 0 Å². The Balaban J connectivity index is 1.64. The Morgan fingerprint density at radius 1 is 1.18 bits per heavy atom. The second-order valence-electron chi connectivity index (χ2n) is 5.29. The predicted octanol–water partition coefficient (Wildman–Crippen LogP) is 3.31. The van der Waals surface area contributed by atoms with Crippen LogP contribution in [0.1, 0.15) is 10.4 Å². The number of anilines is 1. The highest BCUT2D eigenvalue weighted by atomic mass is 16.1. The molecule has 0 saturated carbocycles. The van der Waals surface area contributed by atoms with E-state index in [0.717, 1.165) is 27.6 Å². The second kappa shape index (κ2) is 4.73. The zero-order valence-corrected chi connectivity index (χ0v) is 12.0. The quantitative estimate of drug-likeness (QED) is 0.595. The summed E-state index contributed by atoms with van der Waals surface area (Å²) < 4.78 is 2.03. The van der Waals surface area contributed by atoms with Crippen molar-refractivity contribution < 1.29 is 4.79 Å². The summed E-state index contributed by atoms with van der Waals surface area (Å²) in [6.45, 7) is 0. The molecule has 0 aliphatic carbocycles. The number of benzene rings is 2. The average Bonchev–Trinajstić information content (AvgIpc) is 3.13. The SMILES string of the molecule is Cn1ccc2cc(C(=O)Nc3ccc4nc[nH]c4c3)ccc21. The van der Waals surface area contributed by atoms with Crippen LogP contribution in [0.4, 0.5) is 5.69 Å². The first-order chi connectivity index (χ1) is 10.7. The van der Waals surface area contributed by atoms with E-state index >= 15 is 0 Å². The molecule has 0 radical (unpaired) electrons. The molecular formula is C17H14N4O. The molecule has 1 amide bonds. The van der Waals surface area contributed by atoms with Gasteiger partial charge in [0.15, 0.2) is 0 Å². The number of rotatable bonds is 2. The summed E-state index contributed by atoms with van der Waals surface area (Å²) in [6, 6.07) is 13.3. The van der Waals surface area contributed by atoms with Crippen molar-refractivity contribution in [3.8, 4) is 0 Å². The second-order valence-corrected chi connectivity index (χ2v) is 5.29. The molecule has 4 aromatic rings. The zero-order valence-electron chi connectivity index (χ0n) is 12.0. The van der Waals surface area contributed by atoms with Crippen LogP contribution in [-0.2, 0) is 7.05 Å². The smallest absolute Gasteiger partial charge is 0.255 e. The molecule has 0 atom stereocenters. The van der Waals surface area contributed by atoms with Crippen molar-refractivity contribution in [2.75, 3.05) is 5.32 Å². The molecule has 2 aromatic carbocycles. The first-order valence-corrected chi connectivity index (χ1v) is 7.00. The molecule has 5 heteroatoms. The molecule has 2 aromatic heterocycles. The van der Waals surface area contributed by atoms with Gasteiger partial charge in [-0.05, 0) is 42.5 Å². The van der Waals surface area contributed by atoms with Crippen LogP contribution in [0.25, 0.3) is 21.9 Å². The van der Waals surface area contributed by atoms with Gasteiger partial charge in [-0.1, -0.05) is 0 Å². The number of H-pyrrole nitrogens is 1. The van der Waals surface area contributed by atoms with Crippen LogP contribution in [0, 0.1) is 0 Å². The Hall–Kier alpha value is -3.08. The molecule has 0 aliphatic rings. The van der Waals surface area contributed by atoms with Gasteiger partial charge in [-0.15, -0.1) is 0 Å². The zero-order chi connectivity index (χ0) is 15.1. The number of nitrogens with zero attached hydrogens (tertiary/aromatic N) is 2. The summed E-state index contributed by atoms with van der Waals surface area (Å²) in [5.41, 5.74) is 4.27. The molecule has 4 rings (SSSR count). The number of aromatic nitrogens is 3. The summed E-state index contributed by atoms with van der Waals surface area (Å²) in [4.78, 5) is 19.6. The Morgan fingerprint density at radius 3 is 3.00 bits per heavy atom. The van der Waals surface area contributed by atoms with E-state index in [4.69, 9.17) is 0 Å². The summed E-state index contributed by atoms with van der Waals surface area (Å²) in [5.74, 6) is -0.121. The molecule has 0 spiro atoms. The number of nitrogens with one attached hydrogen (secondary N) is 2. The van der Waals surface area contributed by atoms with E-state index in [9.17, 15) is 4.79 Å². The fraction of sp³-hybridized carbons (Fsp3) is 0.0588. The van der Waals surface area contributed by atoms with Crippen molar-refractivity contribution in [2.45, 2.75) is 0 Å². The predicted molar refractivity (Wildman–Crippen MR) is 87.0 cm³/mol. The number of aryl methyl sites for hydroxylation is 1. The molecular weight excluding hydrogens is 276 g/mol. The summed E-state index contributed by atoms with van der Waals surface area (Å²) >= 11 is 0. The van der Waals surface area contributed by atoms with Gasteiger partial charge in [-0.25, -0.2) is 4.98 Å². The standard InChI is InChI=1S/C17H14N4O/c1-21-7-6-11-8-12(2-5-16(11)21)17(22)20-13-3-4-14-15(9-13)19-10-18-14/h2-10H,1H3,(H,18,19)(H,20,22). The van der Waals surface area contributed by atoms with E-state index in [1.807, 2.05) is 60.3 Å². The molecule has 0 unspecified atom stereocenters. The van der Waals surface area contributed by atoms with Crippen LogP contribution >= 0.6 is 0 Å². The van der Waals surface area contributed by atoms with Crippen molar-refractivity contribution in [3.05, 3.63) is 60.6 Å². The maximum atomic E-state index is 12.4. The number of fused-ring (bicyclic) bond motifs is 2. The van der Waals surface area contributed by atoms with E-state index in [1.54, 1.807) is 6.33 Å². The minimum absolute atomic E-state index is 0.121. The van der Waals surface area contributed by atoms with Crippen molar-refractivity contribution in [2.24, 2.45) is 7.05 Å². The molecule has 0 fully saturated rings. The molecule has 2 heterocycles. The fourth-order valence-electron chi connectivity index (χ4n) is 2.64. The Morgan fingerprint density at radius 2 is 2.09 bits per heavy atom. The third-order valence-corrected chi connectivity index (χ3v) is 3.83. The van der Waals surface area contributed by atoms with Crippen LogP contribution < -0.4 is 5.32 Å². The number of aromatic amines is 1. The van der Waals surface area contributed by atoms with Gasteiger partial charge in [0, 0.05) is 35.4 Å². The van der Waals surface area contributed by atoms with E-state index < -0.39 is 0 Å². The number of hydrogen-bond acceptors (Lipinski definition) is 2. The molecule has 2 N–H and O–H groups in total. The van der Waals surface area contributed by atoms with E-state index in [2.05, 4.69) is 15.3 Å². The minimum Gasteiger partial charge on any atom is -0.351 e. The van der Waals surface area contributed by atoms with E-state index in [-0.39, 0.29) is 5.91 Å². The average molecular weight is 290 g/mol.